The third-order valence-electron chi connectivity index (χ3n) is 9.29. The molecule has 2 aromatic heterocycles. The fraction of sp³-hybridized carbons (Fsp3) is 0.457. The van der Waals surface area contributed by atoms with Crippen molar-refractivity contribution in [1.29, 1.82) is 0 Å². The summed E-state index contributed by atoms with van der Waals surface area (Å²) >= 11 is 1.88. The van der Waals surface area contributed by atoms with Gasteiger partial charge in [-0.25, -0.2) is 14.6 Å². The van der Waals surface area contributed by atoms with Gasteiger partial charge in [0.05, 0.1) is 28.5 Å². The first-order valence-corrected chi connectivity index (χ1v) is 18.8. The standard InChI is InChI=1S/C35H35F6N5O7S2/c1-20-43-24(18-54-20)29(47)46-13-14-51-33(19-46)8-11-45(12-9-33)17-22-4-2-3-21(15-22)7-10-42-16-26(53-31(49)35(39,40)41)23-5-6-25(52-30(48)34(36,37)38)27-28(23)55-32(50)44-27/h2-6,15,18,26,42H,7-14,16-17,19H2,1H3,(H,44,50)/t26-/m0/s1. The largest absolute Gasteiger partial charge is 0.491 e. The minimum atomic E-state index is -5.36. The summed E-state index contributed by atoms with van der Waals surface area (Å²) < 4.78 is 93.4. The molecule has 0 aliphatic carbocycles. The van der Waals surface area contributed by atoms with Crippen molar-refractivity contribution in [3.05, 3.63) is 78.8 Å². The van der Waals surface area contributed by atoms with E-state index in [0.717, 1.165) is 54.2 Å². The number of carbonyl (C=O) groups is 3. The average Bonchev–Trinajstić information content (AvgIpc) is 3.75. The van der Waals surface area contributed by atoms with Crippen LogP contribution < -0.4 is 14.9 Å². The number of amides is 1. The predicted molar refractivity (Wildman–Crippen MR) is 188 cm³/mol. The second-order valence-corrected chi connectivity index (χ2v) is 15.3. The van der Waals surface area contributed by atoms with Gasteiger partial charge < -0.3 is 29.4 Å². The van der Waals surface area contributed by atoms with Crippen LogP contribution in [0.1, 0.15) is 51.1 Å². The van der Waals surface area contributed by atoms with E-state index in [-0.39, 0.29) is 34.8 Å². The lowest BCUT2D eigenvalue weighted by molar-refractivity contribution is -0.205. The summed E-state index contributed by atoms with van der Waals surface area (Å²) in [5, 5.41) is 5.58. The zero-order valence-corrected chi connectivity index (χ0v) is 30.8. The van der Waals surface area contributed by atoms with E-state index in [1.54, 1.807) is 5.38 Å². The number of thiazole rings is 2. The molecule has 4 heterocycles. The number of hydrogen-bond donors (Lipinski definition) is 2. The Labute approximate surface area is 317 Å². The van der Waals surface area contributed by atoms with E-state index < -0.39 is 46.6 Å². The van der Waals surface area contributed by atoms with Gasteiger partial charge in [0.2, 0.25) is 0 Å². The van der Waals surface area contributed by atoms with Crippen LogP contribution in [0.5, 0.6) is 5.75 Å². The summed E-state index contributed by atoms with van der Waals surface area (Å²) in [4.78, 5) is 58.4. The van der Waals surface area contributed by atoms with E-state index in [4.69, 9.17) is 9.47 Å². The molecule has 1 spiro atoms. The van der Waals surface area contributed by atoms with Gasteiger partial charge in [0.25, 0.3) is 5.91 Å². The van der Waals surface area contributed by atoms with Crippen molar-refractivity contribution in [3.8, 4) is 5.75 Å². The summed E-state index contributed by atoms with van der Waals surface area (Å²) in [6, 6.07) is 9.70. The van der Waals surface area contributed by atoms with Gasteiger partial charge in [0, 0.05) is 43.7 Å². The molecule has 2 aliphatic rings. The number of likely N-dealkylation sites (tertiary alicyclic amines) is 1. The quantitative estimate of drug-likeness (QED) is 0.0886. The van der Waals surface area contributed by atoms with E-state index in [9.17, 15) is 45.5 Å². The number of nitrogens with one attached hydrogen (secondary N) is 2. The highest BCUT2D eigenvalue weighted by Crippen LogP contribution is 2.36. The highest BCUT2D eigenvalue weighted by Gasteiger charge is 2.44. The number of esters is 2. The highest BCUT2D eigenvalue weighted by atomic mass is 32.1. The van der Waals surface area contributed by atoms with Crippen LogP contribution in [0.15, 0.2) is 46.6 Å². The number of ether oxygens (including phenoxy) is 3. The molecule has 296 valence electrons. The molecule has 0 radical (unpaired) electrons. The lowest BCUT2D eigenvalue weighted by Gasteiger charge is -2.47. The summed E-state index contributed by atoms with van der Waals surface area (Å²) in [7, 11) is 0. The molecular weight excluding hydrogens is 781 g/mol. The molecule has 6 rings (SSSR count). The van der Waals surface area contributed by atoms with Gasteiger partial charge in [-0.3, -0.25) is 14.5 Å². The smallest absolute Gasteiger partial charge is 0.449 e. The van der Waals surface area contributed by atoms with Crippen molar-refractivity contribution < 1.29 is 54.9 Å². The summed E-state index contributed by atoms with van der Waals surface area (Å²) in [5.41, 5.74) is 1.52. The van der Waals surface area contributed by atoms with Crippen LogP contribution in [0.2, 0.25) is 0 Å². The van der Waals surface area contributed by atoms with E-state index >= 15 is 0 Å². The SMILES string of the molecule is Cc1nc(C(=O)N2CCOC3(CCN(Cc4cccc(CCNC[C@H](OC(=O)C(F)(F)F)c5ccc(OC(=O)C(F)(F)F)c6[nH]c(=O)sc56)c4)CC3)C2)cs1. The maximum atomic E-state index is 13.2. The maximum absolute atomic E-state index is 13.2. The number of fused-ring (bicyclic) bond motifs is 1. The Morgan fingerprint density at radius 2 is 1.76 bits per heavy atom. The number of benzene rings is 2. The third kappa shape index (κ3) is 9.90. The van der Waals surface area contributed by atoms with Crippen LogP contribution in [0.4, 0.5) is 26.3 Å². The highest BCUT2D eigenvalue weighted by molar-refractivity contribution is 7.16. The van der Waals surface area contributed by atoms with Gasteiger partial charge in [-0.2, -0.15) is 26.3 Å². The molecule has 0 unspecified atom stereocenters. The molecule has 55 heavy (non-hydrogen) atoms. The molecular formula is C35H35F6N5O7S2. The van der Waals surface area contributed by atoms with Crippen LogP contribution in [0.25, 0.3) is 10.2 Å². The Bertz CT molecular complexity index is 2090. The van der Waals surface area contributed by atoms with Gasteiger partial charge in [0.1, 0.15) is 17.3 Å². The number of carbonyl (C=O) groups excluding carboxylic acids is 3. The molecule has 2 N–H and O–H groups in total. The first kappa shape index (κ1) is 40.3. The van der Waals surface area contributed by atoms with Crippen molar-refractivity contribution in [3.63, 3.8) is 0 Å². The number of aromatic nitrogens is 2. The van der Waals surface area contributed by atoms with E-state index in [1.165, 1.54) is 11.3 Å². The Balaban J connectivity index is 1.05. The second kappa shape index (κ2) is 16.4. The summed E-state index contributed by atoms with van der Waals surface area (Å²) in [5.74, 6) is -5.84. The minimum Gasteiger partial charge on any atom is -0.449 e. The van der Waals surface area contributed by atoms with Gasteiger partial charge in [-0.05, 0) is 56.0 Å². The lowest BCUT2D eigenvalue weighted by Crippen LogP contribution is -2.58. The zero-order valence-electron chi connectivity index (χ0n) is 29.2. The maximum Gasteiger partial charge on any atom is 0.491 e. The number of halogens is 6. The molecule has 2 fully saturated rings. The fourth-order valence-corrected chi connectivity index (χ4v) is 8.10. The minimum absolute atomic E-state index is 0.0827. The number of H-pyrrole nitrogens is 1. The molecule has 2 saturated heterocycles. The lowest BCUT2D eigenvalue weighted by atomic mass is 9.89. The normalized spacial score (nSPS) is 17.0. The molecule has 1 atom stereocenters. The Hall–Kier alpha value is -4.37. The molecule has 2 aliphatic heterocycles. The van der Waals surface area contributed by atoms with Crippen LogP contribution >= 0.6 is 22.7 Å². The fourth-order valence-electron chi connectivity index (χ4n) is 6.61. The third-order valence-corrected chi connectivity index (χ3v) is 11.0. The Kier molecular flexibility index (Phi) is 12.0. The second-order valence-electron chi connectivity index (χ2n) is 13.2. The van der Waals surface area contributed by atoms with Crippen molar-refractivity contribution in [1.82, 2.24) is 25.1 Å². The van der Waals surface area contributed by atoms with Gasteiger partial charge in [-0.1, -0.05) is 35.6 Å². The van der Waals surface area contributed by atoms with Crippen molar-refractivity contribution in [2.75, 3.05) is 45.9 Å². The molecule has 2 aromatic carbocycles. The number of piperidine rings is 1. The Morgan fingerprint density at radius 1 is 1.04 bits per heavy atom. The van der Waals surface area contributed by atoms with E-state index in [1.807, 2.05) is 36.1 Å². The number of hydrogen-bond acceptors (Lipinski definition) is 12. The first-order chi connectivity index (χ1) is 26.0. The number of aryl methyl sites for hydroxylation is 1. The molecule has 0 saturated carbocycles. The van der Waals surface area contributed by atoms with Crippen LogP contribution in [0, 0.1) is 6.92 Å². The summed E-state index contributed by atoms with van der Waals surface area (Å²) in [6.45, 7) is 5.41. The van der Waals surface area contributed by atoms with Gasteiger partial charge in [-0.15, -0.1) is 11.3 Å². The average molecular weight is 816 g/mol. The molecule has 12 nitrogen and oxygen atoms in total. The monoisotopic (exact) mass is 815 g/mol. The van der Waals surface area contributed by atoms with Crippen molar-refractivity contribution in [2.24, 2.45) is 0 Å². The zero-order chi connectivity index (χ0) is 39.5. The van der Waals surface area contributed by atoms with Crippen LogP contribution in [-0.4, -0.2) is 101 Å². The molecule has 4 aromatic rings. The number of aromatic amines is 1. The number of rotatable bonds is 11. The number of morpholine rings is 1. The predicted octanol–water partition coefficient (Wildman–Crippen LogP) is 5.31. The summed E-state index contributed by atoms with van der Waals surface area (Å²) in [6.07, 6.45) is -10.4. The van der Waals surface area contributed by atoms with E-state index in [2.05, 4.69) is 24.9 Å². The van der Waals surface area contributed by atoms with Crippen LogP contribution in [0.3, 0.4) is 0 Å². The van der Waals surface area contributed by atoms with Crippen molar-refractivity contribution >= 4 is 50.7 Å². The van der Waals surface area contributed by atoms with Gasteiger partial charge >= 0.3 is 29.2 Å². The molecule has 0 bridgehead atoms. The first-order valence-electron chi connectivity index (χ1n) is 17.1. The van der Waals surface area contributed by atoms with E-state index in [0.29, 0.717) is 49.7 Å². The van der Waals surface area contributed by atoms with Gasteiger partial charge in [0.15, 0.2) is 5.75 Å². The topological polar surface area (TPSA) is 143 Å². The number of alkyl halides is 6. The molecule has 20 heteroatoms. The van der Waals surface area contributed by atoms with Crippen molar-refractivity contribution in [2.45, 2.75) is 56.8 Å². The van der Waals surface area contributed by atoms with Crippen LogP contribution in [-0.2, 0) is 32.0 Å². The Morgan fingerprint density at radius 3 is 2.45 bits per heavy atom. The number of nitrogens with zero attached hydrogens (tertiary/aromatic N) is 3. The molecule has 1 amide bonds.